The van der Waals surface area contributed by atoms with Gasteiger partial charge < -0.3 is 4.98 Å². The summed E-state index contributed by atoms with van der Waals surface area (Å²) < 4.78 is 13.1. The van der Waals surface area contributed by atoms with Gasteiger partial charge in [0.05, 0.1) is 11.9 Å². The van der Waals surface area contributed by atoms with Gasteiger partial charge in [0, 0.05) is 17.9 Å². The van der Waals surface area contributed by atoms with Crippen LogP contribution in [0.15, 0.2) is 24.4 Å². The van der Waals surface area contributed by atoms with Gasteiger partial charge in [0.15, 0.2) is 0 Å². The Kier molecular flexibility index (Phi) is 3.25. The van der Waals surface area contributed by atoms with Crippen LogP contribution in [-0.2, 0) is 6.42 Å². The minimum atomic E-state index is -0.191. The van der Waals surface area contributed by atoms with E-state index in [4.69, 9.17) is 11.6 Å². The van der Waals surface area contributed by atoms with Crippen molar-refractivity contribution >= 4 is 11.6 Å². The summed E-state index contributed by atoms with van der Waals surface area (Å²) >= 11 is 5.63. The van der Waals surface area contributed by atoms with Gasteiger partial charge in [-0.2, -0.15) is 0 Å². The van der Waals surface area contributed by atoms with E-state index in [2.05, 4.69) is 9.97 Å². The zero-order valence-electron chi connectivity index (χ0n) is 8.93. The van der Waals surface area contributed by atoms with Crippen molar-refractivity contribution in [2.75, 3.05) is 5.88 Å². The van der Waals surface area contributed by atoms with E-state index in [9.17, 15) is 4.39 Å². The van der Waals surface area contributed by atoms with Crippen LogP contribution in [-0.4, -0.2) is 15.8 Å². The molecule has 1 aromatic carbocycles. The quantitative estimate of drug-likeness (QED) is 0.817. The van der Waals surface area contributed by atoms with Crippen molar-refractivity contribution < 1.29 is 4.39 Å². The molecule has 0 aliphatic heterocycles. The first-order valence-corrected chi connectivity index (χ1v) is 5.60. The molecule has 2 aromatic rings. The standard InChI is InChI=1S/C12H12ClFN2/c1-8-6-9(2-3-10(8)14)11-7-15-12(16-11)4-5-13/h2-3,6-7H,4-5H2,1H3,(H,15,16). The lowest BCUT2D eigenvalue weighted by atomic mass is 10.1. The van der Waals surface area contributed by atoms with Crippen LogP contribution in [0.3, 0.4) is 0 Å². The van der Waals surface area contributed by atoms with Crippen LogP contribution < -0.4 is 0 Å². The molecule has 0 amide bonds. The molecule has 1 aromatic heterocycles. The number of rotatable bonds is 3. The molecule has 2 rings (SSSR count). The molecular formula is C12H12ClFN2. The van der Waals surface area contributed by atoms with E-state index in [0.29, 0.717) is 17.9 Å². The summed E-state index contributed by atoms with van der Waals surface area (Å²) in [5.74, 6) is 1.20. The first-order valence-electron chi connectivity index (χ1n) is 5.07. The maximum atomic E-state index is 13.1. The van der Waals surface area contributed by atoms with E-state index in [-0.39, 0.29) is 5.82 Å². The van der Waals surface area contributed by atoms with E-state index in [1.54, 1.807) is 25.3 Å². The molecule has 0 aliphatic carbocycles. The molecule has 0 fully saturated rings. The average Bonchev–Trinajstić information content (AvgIpc) is 2.71. The SMILES string of the molecule is Cc1cc(-c2cnc(CCCl)[nH]2)ccc1F. The third-order valence-electron chi connectivity index (χ3n) is 2.43. The van der Waals surface area contributed by atoms with Crippen LogP contribution in [0.5, 0.6) is 0 Å². The van der Waals surface area contributed by atoms with Gasteiger partial charge in [-0.15, -0.1) is 11.6 Å². The molecular weight excluding hydrogens is 227 g/mol. The molecule has 0 saturated carbocycles. The smallest absolute Gasteiger partial charge is 0.126 e. The van der Waals surface area contributed by atoms with Crippen LogP contribution in [0, 0.1) is 12.7 Å². The first kappa shape index (κ1) is 11.1. The number of hydrogen-bond donors (Lipinski definition) is 1. The Morgan fingerprint density at radius 1 is 1.44 bits per heavy atom. The van der Waals surface area contributed by atoms with Gasteiger partial charge in [0.25, 0.3) is 0 Å². The van der Waals surface area contributed by atoms with Crippen molar-refractivity contribution in [3.05, 3.63) is 41.6 Å². The normalized spacial score (nSPS) is 10.7. The molecule has 0 aliphatic rings. The molecule has 0 atom stereocenters. The van der Waals surface area contributed by atoms with Gasteiger partial charge in [-0.1, -0.05) is 0 Å². The average molecular weight is 239 g/mol. The zero-order valence-corrected chi connectivity index (χ0v) is 9.68. The molecule has 1 N–H and O–H groups in total. The number of aromatic nitrogens is 2. The number of H-pyrrole nitrogens is 1. The molecule has 2 nitrogen and oxygen atoms in total. The molecule has 0 saturated heterocycles. The fourth-order valence-corrected chi connectivity index (χ4v) is 1.72. The molecule has 0 bridgehead atoms. The Hall–Kier alpha value is -1.35. The molecule has 16 heavy (non-hydrogen) atoms. The lowest BCUT2D eigenvalue weighted by molar-refractivity contribution is 0.619. The molecule has 1 heterocycles. The molecule has 0 radical (unpaired) electrons. The number of aromatic amines is 1. The number of hydrogen-bond acceptors (Lipinski definition) is 1. The van der Waals surface area contributed by atoms with E-state index < -0.39 is 0 Å². The summed E-state index contributed by atoms with van der Waals surface area (Å²) in [5, 5.41) is 0. The fraction of sp³-hybridized carbons (Fsp3) is 0.250. The van der Waals surface area contributed by atoms with Crippen molar-refractivity contribution in [3.63, 3.8) is 0 Å². The number of imidazole rings is 1. The topological polar surface area (TPSA) is 28.7 Å². The van der Waals surface area contributed by atoms with Gasteiger partial charge in [0.2, 0.25) is 0 Å². The number of alkyl halides is 1. The van der Waals surface area contributed by atoms with Crippen molar-refractivity contribution in [2.24, 2.45) is 0 Å². The lowest BCUT2D eigenvalue weighted by Gasteiger charge is -2.00. The largest absolute Gasteiger partial charge is 0.342 e. The van der Waals surface area contributed by atoms with Gasteiger partial charge in [-0.25, -0.2) is 9.37 Å². The van der Waals surface area contributed by atoms with E-state index in [0.717, 1.165) is 17.1 Å². The summed E-state index contributed by atoms with van der Waals surface area (Å²) in [5.41, 5.74) is 2.46. The summed E-state index contributed by atoms with van der Waals surface area (Å²) in [6, 6.07) is 5.00. The lowest BCUT2D eigenvalue weighted by Crippen LogP contribution is -1.89. The fourth-order valence-electron chi connectivity index (χ4n) is 1.54. The highest BCUT2D eigenvalue weighted by atomic mass is 35.5. The number of nitrogens with one attached hydrogen (secondary N) is 1. The Morgan fingerprint density at radius 3 is 2.94 bits per heavy atom. The predicted molar refractivity (Wildman–Crippen MR) is 63.1 cm³/mol. The van der Waals surface area contributed by atoms with Crippen molar-refractivity contribution in [3.8, 4) is 11.3 Å². The van der Waals surface area contributed by atoms with Gasteiger partial charge in [0.1, 0.15) is 11.6 Å². The maximum Gasteiger partial charge on any atom is 0.126 e. The molecule has 0 unspecified atom stereocenters. The van der Waals surface area contributed by atoms with Crippen molar-refractivity contribution in [1.82, 2.24) is 9.97 Å². The van der Waals surface area contributed by atoms with Crippen LogP contribution in [0.25, 0.3) is 11.3 Å². The monoisotopic (exact) mass is 238 g/mol. The Labute approximate surface area is 98.5 Å². The van der Waals surface area contributed by atoms with Crippen LogP contribution >= 0.6 is 11.6 Å². The molecule has 0 spiro atoms. The third-order valence-corrected chi connectivity index (χ3v) is 2.62. The summed E-state index contributed by atoms with van der Waals surface area (Å²) in [6.45, 7) is 1.74. The second-order valence-electron chi connectivity index (χ2n) is 3.65. The highest BCUT2D eigenvalue weighted by Gasteiger charge is 2.05. The number of nitrogens with zero attached hydrogens (tertiary/aromatic N) is 1. The summed E-state index contributed by atoms with van der Waals surface area (Å²) in [4.78, 5) is 7.36. The Bertz CT molecular complexity index is 494. The highest BCUT2D eigenvalue weighted by Crippen LogP contribution is 2.20. The van der Waals surface area contributed by atoms with Crippen LogP contribution in [0.1, 0.15) is 11.4 Å². The minimum Gasteiger partial charge on any atom is -0.342 e. The Balaban J connectivity index is 2.31. The van der Waals surface area contributed by atoms with Gasteiger partial charge in [-0.3, -0.25) is 0 Å². The number of benzene rings is 1. The van der Waals surface area contributed by atoms with Crippen molar-refractivity contribution in [1.29, 1.82) is 0 Å². The van der Waals surface area contributed by atoms with E-state index in [1.165, 1.54) is 6.07 Å². The van der Waals surface area contributed by atoms with Gasteiger partial charge in [-0.05, 0) is 30.7 Å². The second kappa shape index (κ2) is 4.66. The first-order chi connectivity index (χ1) is 7.70. The molecule has 84 valence electrons. The predicted octanol–water partition coefficient (Wildman–Crippen LogP) is 3.31. The summed E-state index contributed by atoms with van der Waals surface area (Å²) in [7, 11) is 0. The number of aryl methyl sites for hydroxylation is 2. The Morgan fingerprint density at radius 2 is 2.25 bits per heavy atom. The highest BCUT2D eigenvalue weighted by molar-refractivity contribution is 6.17. The number of halogens is 2. The molecule has 4 heteroatoms. The van der Waals surface area contributed by atoms with E-state index >= 15 is 0 Å². The minimum absolute atomic E-state index is 0.191. The van der Waals surface area contributed by atoms with Crippen molar-refractivity contribution in [2.45, 2.75) is 13.3 Å². The second-order valence-corrected chi connectivity index (χ2v) is 4.02. The maximum absolute atomic E-state index is 13.1. The van der Waals surface area contributed by atoms with Gasteiger partial charge >= 0.3 is 0 Å². The summed E-state index contributed by atoms with van der Waals surface area (Å²) in [6.07, 6.45) is 2.45. The third kappa shape index (κ3) is 2.25. The van der Waals surface area contributed by atoms with Crippen LogP contribution in [0.2, 0.25) is 0 Å². The zero-order chi connectivity index (χ0) is 11.5. The van der Waals surface area contributed by atoms with E-state index in [1.807, 2.05) is 0 Å². The van der Waals surface area contributed by atoms with Crippen LogP contribution in [0.4, 0.5) is 4.39 Å².